The summed E-state index contributed by atoms with van der Waals surface area (Å²) in [6, 6.07) is 1.93. The van der Waals surface area contributed by atoms with E-state index in [0.29, 0.717) is 17.7 Å². The Morgan fingerprint density at radius 3 is 2.74 bits per heavy atom. The number of hydrogen-bond acceptors (Lipinski definition) is 7. The molecule has 0 bridgehead atoms. The van der Waals surface area contributed by atoms with E-state index in [1.54, 1.807) is 25.7 Å². The molecule has 0 aromatic carbocycles. The van der Waals surface area contributed by atoms with Crippen molar-refractivity contribution in [2.75, 3.05) is 43.2 Å². The predicted molar refractivity (Wildman–Crippen MR) is 97.0 cm³/mol. The van der Waals surface area contributed by atoms with E-state index in [1.807, 2.05) is 6.07 Å². The van der Waals surface area contributed by atoms with Crippen LogP contribution in [0.25, 0.3) is 0 Å². The largest absolute Gasteiger partial charge is 0.382 e. The molecule has 1 fully saturated rings. The van der Waals surface area contributed by atoms with Gasteiger partial charge in [-0.3, -0.25) is 0 Å². The number of aromatic nitrogens is 4. The molecule has 2 aromatic heterocycles. The minimum atomic E-state index is 0.123. The van der Waals surface area contributed by atoms with Gasteiger partial charge in [0.05, 0.1) is 16.2 Å². The Bertz CT molecular complexity index is 661. The van der Waals surface area contributed by atoms with Crippen molar-refractivity contribution in [3.8, 4) is 0 Å². The number of anilines is 2. The SMILES string of the molecule is COC[C@H]1CN(c2ncc(I)c(Cl)n2)CCN1c1ncccn1. The van der Waals surface area contributed by atoms with Crippen molar-refractivity contribution in [1.82, 2.24) is 19.9 Å². The summed E-state index contributed by atoms with van der Waals surface area (Å²) in [5.41, 5.74) is 0. The highest BCUT2D eigenvalue weighted by Gasteiger charge is 2.30. The summed E-state index contributed by atoms with van der Waals surface area (Å²) in [5, 5.41) is 0.479. The van der Waals surface area contributed by atoms with Crippen LogP contribution in [-0.4, -0.2) is 59.3 Å². The van der Waals surface area contributed by atoms with Crippen molar-refractivity contribution >= 4 is 46.1 Å². The molecule has 1 aliphatic rings. The van der Waals surface area contributed by atoms with Crippen LogP contribution in [0.4, 0.5) is 11.9 Å². The molecule has 122 valence electrons. The Balaban J connectivity index is 1.79. The first-order valence-electron chi connectivity index (χ1n) is 7.14. The lowest BCUT2D eigenvalue weighted by atomic mass is 10.2. The van der Waals surface area contributed by atoms with Crippen molar-refractivity contribution in [3.05, 3.63) is 33.4 Å². The number of hydrogen-bond donors (Lipinski definition) is 0. The van der Waals surface area contributed by atoms with Crippen LogP contribution in [0.5, 0.6) is 0 Å². The van der Waals surface area contributed by atoms with Crippen LogP contribution in [0.3, 0.4) is 0 Å². The summed E-state index contributed by atoms with van der Waals surface area (Å²) in [7, 11) is 1.70. The molecule has 1 saturated heterocycles. The summed E-state index contributed by atoms with van der Waals surface area (Å²) < 4.78 is 6.21. The zero-order valence-electron chi connectivity index (χ0n) is 12.6. The highest BCUT2D eigenvalue weighted by molar-refractivity contribution is 14.1. The molecule has 7 nitrogen and oxygen atoms in total. The molecule has 2 aromatic rings. The van der Waals surface area contributed by atoms with Gasteiger partial charge >= 0.3 is 0 Å². The molecule has 0 aliphatic carbocycles. The summed E-state index contributed by atoms with van der Waals surface area (Å²) >= 11 is 8.23. The second-order valence-electron chi connectivity index (χ2n) is 5.11. The van der Waals surface area contributed by atoms with Crippen LogP contribution in [0.1, 0.15) is 0 Å². The lowest BCUT2D eigenvalue weighted by molar-refractivity contribution is 0.173. The first-order valence-corrected chi connectivity index (χ1v) is 8.60. The highest BCUT2D eigenvalue weighted by Crippen LogP contribution is 2.22. The fraction of sp³-hybridized carbons (Fsp3) is 0.429. The zero-order chi connectivity index (χ0) is 16.2. The molecule has 23 heavy (non-hydrogen) atoms. The normalized spacial score (nSPS) is 18.3. The van der Waals surface area contributed by atoms with E-state index in [0.717, 1.165) is 29.2 Å². The average Bonchev–Trinajstić information content (AvgIpc) is 2.58. The summed E-state index contributed by atoms with van der Waals surface area (Å²) in [6.45, 7) is 2.84. The molecule has 0 N–H and O–H groups in total. The van der Waals surface area contributed by atoms with Crippen molar-refractivity contribution in [2.45, 2.75) is 6.04 Å². The average molecular weight is 447 g/mol. The molecule has 0 amide bonds. The Kier molecular flexibility index (Phi) is 5.44. The Hall–Kier alpha value is -1.26. The summed E-state index contributed by atoms with van der Waals surface area (Å²) in [6.07, 6.45) is 5.24. The molecular weight excluding hydrogens is 431 g/mol. The van der Waals surface area contributed by atoms with Gasteiger partial charge in [0, 0.05) is 45.3 Å². The fourth-order valence-corrected chi connectivity index (χ4v) is 2.95. The van der Waals surface area contributed by atoms with Crippen molar-refractivity contribution < 1.29 is 4.74 Å². The third-order valence-electron chi connectivity index (χ3n) is 3.62. The van der Waals surface area contributed by atoms with E-state index in [-0.39, 0.29) is 6.04 Å². The standard InChI is InChI=1S/C14H16ClIN6O/c1-23-9-10-8-21(14-19-7-11(16)12(15)20-14)5-6-22(10)13-17-3-2-4-18-13/h2-4,7,10H,5-6,8-9H2,1H3/t10-/m1/s1. The van der Waals surface area contributed by atoms with E-state index in [1.165, 1.54) is 0 Å². The topological polar surface area (TPSA) is 67.3 Å². The first kappa shape index (κ1) is 16.6. The van der Waals surface area contributed by atoms with Crippen molar-refractivity contribution in [2.24, 2.45) is 0 Å². The fourth-order valence-electron chi connectivity index (χ4n) is 2.56. The lowest BCUT2D eigenvalue weighted by Crippen LogP contribution is -2.56. The smallest absolute Gasteiger partial charge is 0.226 e. The van der Waals surface area contributed by atoms with E-state index < -0.39 is 0 Å². The lowest BCUT2D eigenvalue weighted by Gasteiger charge is -2.41. The number of ether oxygens (including phenoxy) is 1. The third-order valence-corrected chi connectivity index (χ3v) is 5.02. The molecule has 9 heteroatoms. The quantitative estimate of drug-likeness (QED) is 0.525. The van der Waals surface area contributed by atoms with Gasteiger partial charge in [-0.25, -0.2) is 15.0 Å². The number of nitrogens with zero attached hydrogens (tertiary/aromatic N) is 6. The molecular formula is C14H16ClIN6O. The minimum absolute atomic E-state index is 0.123. The maximum atomic E-state index is 6.11. The van der Waals surface area contributed by atoms with Gasteiger partial charge in [0.25, 0.3) is 0 Å². The van der Waals surface area contributed by atoms with E-state index in [2.05, 4.69) is 52.3 Å². The van der Waals surface area contributed by atoms with Gasteiger partial charge < -0.3 is 14.5 Å². The van der Waals surface area contributed by atoms with Gasteiger partial charge in [0.2, 0.25) is 11.9 Å². The maximum absolute atomic E-state index is 6.11. The second kappa shape index (κ2) is 7.54. The molecule has 0 unspecified atom stereocenters. The number of piperazine rings is 1. The number of methoxy groups -OCH3 is 1. The molecule has 3 heterocycles. The van der Waals surface area contributed by atoms with Gasteiger partial charge in [0.1, 0.15) is 5.15 Å². The summed E-state index contributed by atoms with van der Waals surface area (Å²) in [4.78, 5) is 21.7. The Labute approximate surface area is 153 Å². The van der Waals surface area contributed by atoms with Gasteiger partial charge in [-0.1, -0.05) is 11.6 Å². The van der Waals surface area contributed by atoms with E-state index in [4.69, 9.17) is 16.3 Å². The Morgan fingerprint density at radius 2 is 2.04 bits per heavy atom. The van der Waals surface area contributed by atoms with Gasteiger partial charge in [-0.2, -0.15) is 4.98 Å². The highest BCUT2D eigenvalue weighted by atomic mass is 127. The van der Waals surface area contributed by atoms with Crippen LogP contribution in [0, 0.1) is 3.57 Å². The van der Waals surface area contributed by atoms with Gasteiger partial charge in [0.15, 0.2) is 0 Å². The summed E-state index contributed by atoms with van der Waals surface area (Å²) in [5.74, 6) is 1.36. The van der Waals surface area contributed by atoms with Crippen molar-refractivity contribution in [3.63, 3.8) is 0 Å². The molecule has 0 spiro atoms. The first-order chi connectivity index (χ1) is 11.2. The van der Waals surface area contributed by atoms with Crippen LogP contribution >= 0.6 is 34.2 Å². The molecule has 1 aliphatic heterocycles. The molecule has 1 atom stereocenters. The third kappa shape index (κ3) is 3.81. The molecule has 0 radical (unpaired) electrons. The van der Waals surface area contributed by atoms with Crippen LogP contribution in [-0.2, 0) is 4.74 Å². The van der Waals surface area contributed by atoms with Gasteiger partial charge in [-0.05, 0) is 28.7 Å². The number of rotatable bonds is 4. The maximum Gasteiger partial charge on any atom is 0.226 e. The monoisotopic (exact) mass is 446 g/mol. The van der Waals surface area contributed by atoms with Crippen molar-refractivity contribution in [1.29, 1.82) is 0 Å². The van der Waals surface area contributed by atoms with Crippen LogP contribution in [0.15, 0.2) is 24.7 Å². The van der Waals surface area contributed by atoms with Crippen LogP contribution in [0.2, 0.25) is 5.15 Å². The number of halogens is 2. The predicted octanol–water partition coefficient (Wildman–Crippen LogP) is 1.87. The zero-order valence-corrected chi connectivity index (χ0v) is 15.5. The van der Waals surface area contributed by atoms with Crippen LogP contribution < -0.4 is 9.80 Å². The molecule has 3 rings (SSSR count). The van der Waals surface area contributed by atoms with Gasteiger partial charge in [-0.15, -0.1) is 0 Å². The Morgan fingerprint density at radius 1 is 1.26 bits per heavy atom. The second-order valence-corrected chi connectivity index (χ2v) is 6.63. The van der Waals surface area contributed by atoms with E-state index >= 15 is 0 Å². The van der Waals surface area contributed by atoms with E-state index in [9.17, 15) is 0 Å². The minimum Gasteiger partial charge on any atom is -0.382 e. The molecule has 0 saturated carbocycles.